The van der Waals surface area contributed by atoms with Gasteiger partial charge in [0.2, 0.25) is 5.95 Å². The molecule has 0 amide bonds. The molecule has 6 heteroatoms. The Kier molecular flexibility index (Phi) is 5.60. The highest BCUT2D eigenvalue weighted by atomic mass is 35.5. The molecule has 0 unspecified atom stereocenters. The van der Waals surface area contributed by atoms with Crippen LogP contribution in [0.15, 0.2) is 72.8 Å². The van der Waals surface area contributed by atoms with Crippen LogP contribution in [0.2, 0.25) is 10.0 Å². The third kappa shape index (κ3) is 4.53. The number of anilines is 3. The number of nitrogens with zero attached hydrogens (tertiary/aromatic N) is 2. The van der Waals surface area contributed by atoms with Crippen LogP contribution >= 0.6 is 23.2 Å². The highest BCUT2D eigenvalue weighted by molar-refractivity contribution is 6.35. The van der Waals surface area contributed by atoms with Gasteiger partial charge >= 0.3 is 0 Å². The maximum atomic E-state index is 6.09. The molecule has 0 atom stereocenters. The van der Waals surface area contributed by atoms with Crippen LogP contribution in [0.5, 0.6) is 0 Å². The van der Waals surface area contributed by atoms with Gasteiger partial charge in [-0.1, -0.05) is 65.7 Å². The average Bonchev–Trinajstić information content (AvgIpc) is 2.68. The quantitative estimate of drug-likeness (QED) is 0.391. The molecule has 140 valence electrons. The van der Waals surface area contributed by atoms with E-state index in [4.69, 9.17) is 23.2 Å². The van der Waals surface area contributed by atoms with Crippen molar-refractivity contribution in [3.63, 3.8) is 0 Å². The SMILES string of the molecule is Clc1cc(Cl)cc(Nc2nc(NCCc3ccccc3)c3ccccc3n2)c1. The lowest BCUT2D eigenvalue weighted by molar-refractivity contribution is 1.01. The molecule has 4 nitrogen and oxygen atoms in total. The minimum absolute atomic E-state index is 0.485. The van der Waals surface area contributed by atoms with Crippen LogP contribution < -0.4 is 10.6 Å². The van der Waals surface area contributed by atoms with Gasteiger partial charge in [0.25, 0.3) is 0 Å². The topological polar surface area (TPSA) is 49.8 Å². The first-order chi connectivity index (χ1) is 13.7. The highest BCUT2D eigenvalue weighted by Gasteiger charge is 2.08. The predicted octanol–water partition coefficient (Wildman–Crippen LogP) is 6.33. The van der Waals surface area contributed by atoms with Crippen molar-refractivity contribution in [1.82, 2.24) is 9.97 Å². The van der Waals surface area contributed by atoms with Crippen molar-refractivity contribution >= 4 is 51.6 Å². The number of hydrogen-bond acceptors (Lipinski definition) is 4. The molecule has 0 aliphatic rings. The Bertz CT molecular complexity index is 1080. The maximum absolute atomic E-state index is 6.09. The summed E-state index contributed by atoms with van der Waals surface area (Å²) in [5.74, 6) is 1.27. The molecule has 3 aromatic carbocycles. The van der Waals surface area contributed by atoms with Crippen LogP contribution in [0.3, 0.4) is 0 Å². The first kappa shape index (κ1) is 18.5. The monoisotopic (exact) mass is 408 g/mol. The summed E-state index contributed by atoms with van der Waals surface area (Å²) in [5.41, 5.74) is 2.87. The normalized spacial score (nSPS) is 10.8. The molecule has 0 aliphatic carbocycles. The molecule has 4 aromatic rings. The van der Waals surface area contributed by atoms with Crippen LogP contribution in [0.4, 0.5) is 17.5 Å². The Labute approximate surface area is 173 Å². The molecular formula is C22H18Cl2N4. The van der Waals surface area contributed by atoms with Gasteiger partial charge in [-0.2, -0.15) is 4.98 Å². The zero-order chi connectivity index (χ0) is 19.3. The first-order valence-electron chi connectivity index (χ1n) is 8.95. The summed E-state index contributed by atoms with van der Waals surface area (Å²) in [5, 5.41) is 8.72. The number of fused-ring (bicyclic) bond motifs is 1. The van der Waals surface area contributed by atoms with Gasteiger partial charge in [-0.25, -0.2) is 4.98 Å². The standard InChI is InChI=1S/C22H18Cl2N4/c23-16-12-17(24)14-18(13-16)26-22-27-20-9-5-4-8-19(20)21(28-22)25-11-10-15-6-2-1-3-7-15/h1-9,12-14H,10-11H2,(H2,25,26,27,28). The fraction of sp³-hybridized carbons (Fsp3) is 0.0909. The molecule has 0 radical (unpaired) electrons. The highest BCUT2D eigenvalue weighted by Crippen LogP contribution is 2.27. The van der Waals surface area contributed by atoms with Crippen LogP contribution in [-0.2, 0) is 6.42 Å². The van der Waals surface area contributed by atoms with Crippen molar-refractivity contribution in [2.45, 2.75) is 6.42 Å². The summed E-state index contributed by atoms with van der Waals surface area (Å²) in [6.07, 6.45) is 0.909. The average molecular weight is 409 g/mol. The second-order valence-corrected chi connectivity index (χ2v) is 7.23. The van der Waals surface area contributed by atoms with Crippen molar-refractivity contribution in [3.8, 4) is 0 Å². The summed E-state index contributed by atoms with van der Waals surface area (Å²) in [6.45, 7) is 0.771. The fourth-order valence-corrected chi connectivity index (χ4v) is 3.52. The molecule has 0 saturated carbocycles. The molecular weight excluding hydrogens is 391 g/mol. The minimum atomic E-state index is 0.485. The molecule has 4 rings (SSSR count). The Morgan fingerprint density at radius 3 is 2.29 bits per heavy atom. The maximum Gasteiger partial charge on any atom is 0.229 e. The second kappa shape index (κ2) is 8.46. The Morgan fingerprint density at radius 1 is 0.786 bits per heavy atom. The van der Waals surface area contributed by atoms with Crippen molar-refractivity contribution in [1.29, 1.82) is 0 Å². The summed E-state index contributed by atoms with van der Waals surface area (Å²) in [7, 11) is 0. The molecule has 0 spiro atoms. The second-order valence-electron chi connectivity index (χ2n) is 6.36. The van der Waals surface area contributed by atoms with Crippen molar-refractivity contribution in [2.75, 3.05) is 17.2 Å². The molecule has 0 saturated heterocycles. The molecule has 1 heterocycles. The number of para-hydroxylation sites is 1. The van der Waals surface area contributed by atoms with E-state index in [-0.39, 0.29) is 0 Å². The zero-order valence-electron chi connectivity index (χ0n) is 15.0. The smallest absolute Gasteiger partial charge is 0.229 e. The number of benzene rings is 3. The van der Waals surface area contributed by atoms with Gasteiger partial charge < -0.3 is 10.6 Å². The lowest BCUT2D eigenvalue weighted by Gasteiger charge is -2.12. The number of halogens is 2. The summed E-state index contributed by atoms with van der Waals surface area (Å²) < 4.78 is 0. The van der Waals surface area contributed by atoms with E-state index in [9.17, 15) is 0 Å². The van der Waals surface area contributed by atoms with E-state index in [1.165, 1.54) is 5.56 Å². The van der Waals surface area contributed by atoms with E-state index in [0.29, 0.717) is 16.0 Å². The van der Waals surface area contributed by atoms with Gasteiger partial charge in [0.1, 0.15) is 5.82 Å². The minimum Gasteiger partial charge on any atom is -0.369 e. The Balaban J connectivity index is 1.59. The first-order valence-corrected chi connectivity index (χ1v) is 9.71. The van der Waals surface area contributed by atoms with Crippen LogP contribution in [-0.4, -0.2) is 16.5 Å². The lowest BCUT2D eigenvalue weighted by atomic mass is 10.1. The summed E-state index contributed by atoms with van der Waals surface area (Å²) >= 11 is 12.2. The molecule has 1 aromatic heterocycles. The van der Waals surface area contributed by atoms with Gasteiger partial charge in [-0.05, 0) is 42.3 Å². The van der Waals surface area contributed by atoms with E-state index in [0.717, 1.165) is 35.4 Å². The van der Waals surface area contributed by atoms with E-state index < -0.39 is 0 Å². The predicted molar refractivity (Wildman–Crippen MR) is 118 cm³/mol. The van der Waals surface area contributed by atoms with Crippen LogP contribution in [0.25, 0.3) is 10.9 Å². The van der Waals surface area contributed by atoms with Gasteiger partial charge in [0.15, 0.2) is 0 Å². The van der Waals surface area contributed by atoms with E-state index >= 15 is 0 Å². The van der Waals surface area contributed by atoms with Gasteiger partial charge in [0.05, 0.1) is 5.52 Å². The van der Waals surface area contributed by atoms with Crippen molar-refractivity contribution in [3.05, 3.63) is 88.4 Å². The van der Waals surface area contributed by atoms with Gasteiger partial charge in [0, 0.05) is 27.7 Å². The molecule has 2 N–H and O–H groups in total. The number of nitrogens with one attached hydrogen (secondary N) is 2. The largest absolute Gasteiger partial charge is 0.369 e. The van der Waals surface area contributed by atoms with E-state index in [2.05, 4.69) is 32.7 Å². The van der Waals surface area contributed by atoms with Gasteiger partial charge in [-0.3, -0.25) is 0 Å². The molecule has 0 fully saturated rings. The Morgan fingerprint density at radius 2 is 1.50 bits per heavy atom. The lowest BCUT2D eigenvalue weighted by Crippen LogP contribution is -2.09. The third-order valence-electron chi connectivity index (χ3n) is 4.27. The summed E-state index contributed by atoms with van der Waals surface area (Å²) in [6, 6.07) is 23.5. The van der Waals surface area contributed by atoms with E-state index in [1.54, 1.807) is 18.2 Å². The summed E-state index contributed by atoms with van der Waals surface area (Å²) in [4.78, 5) is 9.28. The number of hydrogen-bond donors (Lipinski definition) is 2. The van der Waals surface area contributed by atoms with Crippen molar-refractivity contribution in [2.24, 2.45) is 0 Å². The molecule has 0 aliphatic heterocycles. The third-order valence-corrected chi connectivity index (χ3v) is 4.71. The van der Waals surface area contributed by atoms with Crippen molar-refractivity contribution < 1.29 is 0 Å². The molecule has 0 bridgehead atoms. The number of aromatic nitrogens is 2. The van der Waals surface area contributed by atoms with Crippen LogP contribution in [0.1, 0.15) is 5.56 Å². The van der Waals surface area contributed by atoms with Crippen LogP contribution in [0, 0.1) is 0 Å². The van der Waals surface area contributed by atoms with Gasteiger partial charge in [-0.15, -0.1) is 0 Å². The molecule has 28 heavy (non-hydrogen) atoms. The fourth-order valence-electron chi connectivity index (χ4n) is 2.99. The number of rotatable bonds is 6. The Hall–Kier alpha value is -2.82. The zero-order valence-corrected chi connectivity index (χ0v) is 16.5. The van der Waals surface area contributed by atoms with E-state index in [1.807, 2.05) is 42.5 Å².